The van der Waals surface area contributed by atoms with Crippen LogP contribution in [0.3, 0.4) is 0 Å². The van der Waals surface area contributed by atoms with E-state index in [4.69, 9.17) is 11.6 Å². The van der Waals surface area contributed by atoms with Crippen LogP contribution < -0.4 is 15.4 Å². The smallest absolute Gasteiger partial charge is 0.326 e. The van der Waals surface area contributed by atoms with Gasteiger partial charge in [-0.25, -0.2) is 27.9 Å². The highest BCUT2D eigenvalue weighted by Crippen LogP contribution is 2.31. The lowest BCUT2D eigenvalue weighted by molar-refractivity contribution is -0.117. The lowest BCUT2D eigenvalue weighted by Crippen LogP contribution is -2.35. The number of anilines is 2. The van der Waals surface area contributed by atoms with Crippen LogP contribution in [-0.4, -0.2) is 30.3 Å². The van der Waals surface area contributed by atoms with Crippen molar-refractivity contribution >= 4 is 45.2 Å². The van der Waals surface area contributed by atoms with Crippen LogP contribution in [0.15, 0.2) is 35.4 Å². The molecule has 0 saturated heterocycles. The van der Waals surface area contributed by atoms with Crippen LogP contribution in [-0.2, 0) is 14.8 Å². The molecule has 9 nitrogen and oxygen atoms in total. The fourth-order valence-corrected chi connectivity index (χ4v) is 3.62. The van der Waals surface area contributed by atoms with E-state index in [9.17, 15) is 18.0 Å². The number of nitrogens with zero attached hydrogens (tertiary/aromatic N) is 2. The molecule has 1 aromatic carbocycles. The van der Waals surface area contributed by atoms with Gasteiger partial charge in [0.15, 0.2) is 0 Å². The predicted octanol–water partition coefficient (Wildman–Crippen LogP) is 2.30. The van der Waals surface area contributed by atoms with Crippen molar-refractivity contribution in [1.82, 2.24) is 14.7 Å². The van der Waals surface area contributed by atoms with E-state index in [-0.39, 0.29) is 33.4 Å². The minimum Gasteiger partial charge on any atom is -0.326 e. The molecular formula is C16H16ClN5O4S. The summed E-state index contributed by atoms with van der Waals surface area (Å²) in [6, 6.07) is 4.61. The van der Waals surface area contributed by atoms with Crippen LogP contribution in [0.2, 0.25) is 5.02 Å². The largest absolute Gasteiger partial charge is 0.335 e. The van der Waals surface area contributed by atoms with Crippen LogP contribution in [0.1, 0.15) is 18.5 Å². The number of aromatic nitrogens is 2. The Hall–Kier alpha value is -2.72. The highest BCUT2D eigenvalue weighted by atomic mass is 35.5. The van der Waals surface area contributed by atoms with E-state index in [0.717, 1.165) is 12.8 Å². The quantitative estimate of drug-likeness (QED) is 0.694. The Labute approximate surface area is 160 Å². The molecule has 142 valence electrons. The van der Waals surface area contributed by atoms with Crippen molar-refractivity contribution in [2.75, 3.05) is 10.6 Å². The van der Waals surface area contributed by atoms with Crippen LogP contribution in [0.5, 0.6) is 0 Å². The van der Waals surface area contributed by atoms with Crippen molar-refractivity contribution in [3.8, 4) is 0 Å². The zero-order chi connectivity index (χ0) is 19.6. The van der Waals surface area contributed by atoms with Crippen molar-refractivity contribution in [2.24, 2.45) is 5.92 Å². The molecule has 1 aliphatic rings. The Morgan fingerprint density at radius 2 is 1.93 bits per heavy atom. The Kier molecular flexibility index (Phi) is 5.29. The van der Waals surface area contributed by atoms with Gasteiger partial charge in [0.1, 0.15) is 4.90 Å². The van der Waals surface area contributed by atoms with Crippen LogP contribution >= 0.6 is 11.6 Å². The molecule has 27 heavy (non-hydrogen) atoms. The number of benzene rings is 1. The molecule has 0 aliphatic heterocycles. The molecule has 3 N–H and O–H groups in total. The van der Waals surface area contributed by atoms with E-state index in [1.807, 2.05) is 4.72 Å². The Balaban J connectivity index is 1.75. The normalized spacial score (nSPS) is 13.7. The summed E-state index contributed by atoms with van der Waals surface area (Å²) in [4.78, 5) is 31.3. The van der Waals surface area contributed by atoms with Gasteiger partial charge in [-0.3, -0.25) is 10.1 Å². The highest BCUT2D eigenvalue weighted by Gasteiger charge is 2.30. The lowest BCUT2D eigenvalue weighted by atomic mass is 10.3. The molecule has 0 radical (unpaired) electrons. The molecule has 0 atom stereocenters. The lowest BCUT2D eigenvalue weighted by Gasteiger charge is -2.11. The molecule has 1 aliphatic carbocycles. The Bertz CT molecular complexity index is 1010. The van der Waals surface area contributed by atoms with Gasteiger partial charge in [0, 0.05) is 23.5 Å². The number of hydrogen-bond donors (Lipinski definition) is 3. The van der Waals surface area contributed by atoms with Crippen molar-refractivity contribution < 1.29 is 18.0 Å². The molecule has 3 rings (SSSR count). The van der Waals surface area contributed by atoms with E-state index < -0.39 is 16.1 Å². The average molecular weight is 410 g/mol. The Morgan fingerprint density at radius 1 is 1.19 bits per heavy atom. The van der Waals surface area contributed by atoms with Gasteiger partial charge < -0.3 is 5.32 Å². The van der Waals surface area contributed by atoms with Gasteiger partial charge in [-0.05, 0) is 44.0 Å². The van der Waals surface area contributed by atoms with Crippen LogP contribution in [0.25, 0.3) is 0 Å². The first kappa shape index (κ1) is 19.1. The standard InChI is InChI=1S/C16H16ClN5O4S/c1-9-6-7-18-15(19-9)21-16(24)22-27(25,26)13-8-11(4-5-12(13)17)20-14(23)10-2-3-10/h4-8,10H,2-3H2,1H3,(H,20,23)(H2,18,19,21,22,24). The zero-order valence-electron chi connectivity index (χ0n) is 14.2. The monoisotopic (exact) mass is 409 g/mol. The van der Waals surface area contributed by atoms with Gasteiger partial charge in [-0.1, -0.05) is 11.6 Å². The van der Waals surface area contributed by atoms with Crippen molar-refractivity contribution in [3.63, 3.8) is 0 Å². The fourth-order valence-electron chi connectivity index (χ4n) is 2.19. The number of rotatable bonds is 5. The maximum absolute atomic E-state index is 12.5. The van der Waals surface area contributed by atoms with Crippen LogP contribution in [0, 0.1) is 12.8 Å². The first-order valence-corrected chi connectivity index (χ1v) is 9.84. The molecule has 1 saturated carbocycles. The van der Waals surface area contributed by atoms with Gasteiger partial charge in [0.2, 0.25) is 11.9 Å². The number of amides is 3. The topological polar surface area (TPSA) is 130 Å². The molecule has 0 spiro atoms. The number of sulfonamides is 1. The summed E-state index contributed by atoms with van der Waals surface area (Å²) in [7, 11) is -4.28. The summed E-state index contributed by atoms with van der Waals surface area (Å²) in [5.74, 6) is -0.263. The molecule has 11 heteroatoms. The van der Waals surface area contributed by atoms with Gasteiger partial charge >= 0.3 is 6.03 Å². The second kappa shape index (κ2) is 7.49. The molecule has 1 heterocycles. The number of hydrogen-bond acceptors (Lipinski definition) is 6. The first-order chi connectivity index (χ1) is 12.7. The molecule has 1 fully saturated rings. The van der Waals surface area contributed by atoms with E-state index in [2.05, 4.69) is 20.6 Å². The number of urea groups is 1. The van der Waals surface area contributed by atoms with Gasteiger partial charge in [-0.2, -0.15) is 0 Å². The summed E-state index contributed by atoms with van der Waals surface area (Å²) in [5, 5.41) is 4.78. The van der Waals surface area contributed by atoms with Gasteiger partial charge in [-0.15, -0.1) is 0 Å². The number of carbonyl (C=O) groups is 2. The van der Waals surface area contributed by atoms with Crippen molar-refractivity contribution in [1.29, 1.82) is 0 Å². The molecule has 1 aromatic heterocycles. The summed E-state index contributed by atoms with van der Waals surface area (Å²) >= 11 is 5.97. The van der Waals surface area contributed by atoms with Crippen molar-refractivity contribution in [2.45, 2.75) is 24.7 Å². The predicted molar refractivity (Wildman–Crippen MR) is 98.9 cm³/mol. The third-order valence-electron chi connectivity index (χ3n) is 3.68. The summed E-state index contributed by atoms with van der Waals surface area (Å²) in [6.45, 7) is 1.70. The average Bonchev–Trinajstić information content (AvgIpc) is 3.40. The van der Waals surface area contributed by atoms with Crippen molar-refractivity contribution in [3.05, 3.63) is 41.2 Å². The molecule has 0 unspecified atom stereocenters. The second-order valence-corrected chi connectivity index (χ2v) is 8.05. The van der Waals surface area contributed by atoms with E-state index >= 15 is 0 Å². The van der Waals surface area contributed by atoms with Gasteiger partial charge in [0.05, 0.1) is 5.02 Å². The zero-order valence-corrected chi connectivity index (χ0v) is 15.8. The maximum Gasteiger partial charge on any atom is 0.335 e. The number of carbonyl (C=O) groups excluding carboxylic acids is 2. The SMILES string of the molecule is Cc1ccnc(NC(=O)NS(=O)(=O)c2cc(NC(=O)C3CC3)ccc2Cl)n1. The fraction of sp³-hybridized carbons (Fsp3) is 0.250. The van der Waals surface area contributed by atoms with Gasteiger partial charge in [0.25, 0.3) is 10.0 Å². The molecule has 2 aromatic rings. The Morgan fingerprint density at radius 3 is 2.59 bits per heavy atom. The first-order valence-electron chi connectivity index (χ1n) is 7.98. The van der Waals surface area contributed by atoms with E-state index in [1.54, 1.807) is 13.0 Å². The molecule has 0 bridgehead atoms. The second-order valence-electron chi connectivity index (χ2n) is 5.99. The van der Waals surface area contributed by atoms with E-state index in [1.165, 1.54) is 24.4 Å². The minimum absolute atomic E-state index is 0.0424. The third-order valence-corrected chi connectivity index (χ3v) is 5.50. The summed E-state index contributed by atoms with van der Waals surface area (Å²) in [6.07, 6.45) is 3.05. The summed E-state index contributed by atoms with van der Waals surface area (Å²) < 4.78 is 26.8. The molecular weight excluding hydrogens is 394 g/mol. The number of nitrogens with one attached hydrogen (secondary N) is 3. The number of halogens is 1. The van der Waals surface area contributed by atoms with E-state index in [0.29, 0.717) is 5.69 Å². The minimum atomic E-state index is -4.28. The van der Waals surface area contributed by atoms with Crippen LogP contribution in [0.4, 0.5) is 16.4 Å². The number of aryl methyl sites for hydroxylation is 1. The summed E-state index contributed by atoms with van der Waals surface area (Å²) in [5.41, 5.74) is 0.879. The highest BCUT2D eigenvalue weighted by molar-refractivity contribution is 7.90. The molecule has 3 amide bonds. The maximum atomic E-state index is 12.5. The third kappa shape index (κ3) is 4.92.